The van der Waals surface area contributed by atoms with Crippen LogP contribution in [0.4, 0.5) is 16.3 Å². The number of rotatable bonds is 3. The Morgan fingerprint density at radius 2 is 1.87 bits per heavy atom. The number of pyridine rings is 1. The second kappa shape index (κ2) is 6.85. The Kier molecular flexibility index (Phi) is 4.64. The number of nitrogens with two attached hydrogens (primary N) is 1. The number of nitrogens with zero attached hydrogens (tertiary/aromatic N) is 3. The first-order chi connectivity index (χ1) is 11.1. The molecule has 23 heavy (non-hydrogen) atoms. The van der Waals surface area contributed by atoms with Gasteiger partial charge in [-0.1, -0.05) is 0 Å². The minimum absolute atomic E-state index is 0.113. The molecule has 3 heterocycles. The van der Waals surface area contributed by atoms with E-state index in [1.807, 2.05) is 12.1 Å². The van der Waals surface area contributed by atoms with Crippen molar-refractivity contribution in [2.75, 3.05) is 36.4 Å². The average molecular weight is 317 g/mol. The number of primary amides is 1. The Bertz CT molecular complexity index is 578. The van der Waals surface area contributed by atoms with E-state index in [4.69, 9.17) is 5.73 Å². The van der Waals surface area contributed by atoms with E-state index in [0.29, 0.717) is 25.9 Å². The molecule has 0 aliphatic carbocycles. The van der Waals surface area contributed by atoms with Crippen molar-refractivity contribution in [3.05, 3.63) is 18.3 Å². The molecule has 0 unspecified atom stereocenters. The first-order valence-corrected chi connectivity index (χ1v) is 8.20. The third-order valence-electron chi connectivity index (χ3n) is 4.62. The summed E-state index contributed by atoms with van der Waals surface area (Å²) < 4.78 is 0. The van der Waals surface area contributed by atoms with Gasteiger partial charge in [-0.05, 0) is 37.8 Å². The zero-order valence-electron chi connectivity index (χ0n) is 13.2. The Morgan fingerprint density at radius 1 is 1.17 bits per heavy atom. The third kappa shape index (κ3) is 3.55. The summed E-state index contributed by atoms with van der Waals surface area (Å²) in [4.78, 5) is 32.0. The number of likely N-dealkylation sites (tertiary alicyclic amines) is 1. The summed E-state index contributed by atoms with van der Waals surface area (Å²) in [6.45, 7) is 3.06. The fraction of sp³-hybridized carbons (Fsp3) is 0.562. The van der Waals surface area contributed by atoms with Gasteiger partial charge in [0.25, 0.3) is 0 Å². The summed E-state index contributed by atoms with van der Waals surface area (Å²) in [7, 11) is 0. The predicted molar refractivity (Wildman–Crippen MR) is 88.2 cm³/mol. The largest absolute Gasteiger partial charge is 0.369 e. The van der Waals surface area contributed by atoms with Crippen LogP contribution >= 0.6 is 0 Å². The number of carbonyl (C=O) groups is 2. The van der Waals surface area contributed by atoms with Crippen molar-refractivity contribution < 1.29 is 9.59 Å². The molecule has 0 radical (unpaired) electrons. The lowest BCUT2D eigenvalue weighted by molar-refractivity contribution is -0.122. The molecule has 1 aromatic rings. The molecular weight excluding hydrogens is 294 g/mol. The van der Waals surface area contributed by atoms with Gasteiger partial charge in [-0.15, -0.1) is 0 Å². The average Bonchev–Trinajstić information content (AvgIpc) is 3.09. The molecule has 2 fully saturated rings. The number of nitrogens with one attached hydrogen (secondary N) is 1. The number of amides is 3. The molecule has 3 N–H and O–H groups in total. The van der Waals surface area contributed by atoms with Gasteiger partial charge in [0.1, 0.15) is 0 Å². The monoisotopic (exact) mass is 317 g/mol. The van der Waals surface area contributed by atoms with E-state index in [2.05, 4.69) is 15.2 Å². The smallest absolute Gasteiger partial charge is 0.321 e. The highest BCUT2D eigenvalue weighted by atomic mass is 16.2. The van der Waals surface area contributed by atoms with Gasteiger partial charge in [0, 0.05) is 38.3 Å². The molecule has 0 bridgehead atoms. The number of carbonyl (C=O) groups excluding carboxylic acids is 2. The predicted octanol–water partition coefficient (Wildman–Crippen LogP) is 1.41. The third-order valence-corrected chi connectivity index (χ3v) is 4.62. The lowest BCUT2D eigenvalue weighted by Crippen LogP contribution is -2.43. The van der Waals surface area contributed by atoms with Crippen LogP contribution in [0.5, 0.6) is 0 Å². The fourth-order valence-corrected chi connectivity index (χ4v) is 3.24. The molecule has 3 rings (SSSR count). The Balaban J connectivity index is 1.63. The van der Waals surface area contributed by atoms with Gasteiger partial charge in [-0.2, -0.15) is 0 Å². The highest BCUT2D eigenvalue weighted by molar-refractivity contribution is 5.92. The van der Waals surface area contributed by atoms with Crippen LogP contribution in [0.15, 0.2) is 18.3 Å². The first-order valence-electron chi connectivity index (χ1n) is 8.20. The van der Waals surface area contributed by atoms with Crippen LogP contribution in [-0.4, -0.2) is 48.0 Å². The molecule has 3 amide bonds. The maximum absolute atomic E-state index is 12.5. The summed E-state index contributed by atoms with van der Waals surface area (Å²) >= 11 is 0. The van der Waals surface area contributed by atoms with Crippen molar-refractivity contribution in [2.45, 2.75) is 25.7 Å². The van der Waals surface area contributed by atoms with Crippen LogP contribution in [0.1, 0.15) is 25.7 Å². The lowest BCUT2D eigenvalue weighted by atomic mass is 9.96. The number of piperidine rings is 1. The summed E-state index contributed by atoms with van der Waals surface area (Å²) in [5.41, 5.74) is 6.08. The van der Waals surface area contributed by atoms with Crippen LogP contribution in [0.2, 0.25) is 0 Å². The molecule has 2 saturated heterocycles. The lowest BCUT2D eigenvalue weighted by Gasteiger charge is -2.31. The maximum atomic E-state index is 12.5. The topological polar surface area (TPSA) is 91.6 Å². The molecule has 2 aliphatic heterocycles. The van der Waals surface area contributed by atoms with Crippen molar-refractivity contribution in [1.29, 1.82) is 0 Å². The summed E-state index contributed by atoms with van der Waals surface area (Å²) in [5, 5.41) is 2.97. The van der Waals surface area contributed by atoms with Gasteiger partial charge < -0.3 is 20.9 Å². The molecule has 0 saturated carbocycles. The minimum atomic E-state index is -0.270. The standard InChI is InChI=1S/C16H23N5O2/c17-14(22)12-5-10-21(11-6-12)16(23)19-13-4-3-7-18-15(13)20-8-1-2-9-20/h3-4,7,12H,1-2,5-6,8-11H2,(H2,17,22)(H,19,23). The van der Waals surface area contributed by atoms with Crippen LogP contribution in [0.25, 0.3) is 0 Å². The highest BCUT2D eigenvalue weighted by Gasteiger charge is 2.26. The quantitative estimate of drug-likeness (QED) is 0.882. The molecule has 0 atom stereocenters. The van der Waals surface area contributed by atoms with E-state index in [9.17, 15) is 9.59 Å². The molecule has 0 spiro atoms. The fourth-order valence-electron chi connectivity index (χ4n) is 3.24. The molecular formula is C16H23N5O2. The maximum Gasteiger partial charge on any atom is 0.321 e. The number of hydrogen-bond donors (Lipinski definition) is 2. The zero-order valence-corrected chi connectivity index (χ0v) is 13.2. The van der Waals surface area contributed by atoms with E-state index >= 15 is 0 Å². The van der Waals surface area contributed by atoms with Crippen LogP contribution < -0.4 is 16.0 Å². The van der Waals surface area contributed by atoms with Crippen molar-refractivity contribution in [2.24, 2.45) is 11.7 Å². The second-order valence-corrected chi connectivity index (χ2v) is 6.16. The molecule has 1 aromatic heterocycles. The van der Waals surface area contributed by atoms with Crippen LogP contribution in [0, 0.1) is 5.92 Å². The van der Waals surface area contributed by atoms with Crippen LogP contribution in [0.3, 0.4) is 0 Å². The first kappa shape index (κ1) is 15.6. The van der Waals surface area contributed by atoms with E-state index in [1.54, 1.807) is 11.1 Å². The van der Waals surface area contributed by atoms with Gasteiger partial charge in [0.05, 0.1) is 5.69 Å². The Labute approximate surface area is 135 Å². The zero-order chi connectivity index (χ0) is 16.2. The summed E-state index contributed by atoms with van der Waals surface area (Å²) in [6.07, 6.45) is 5.33. The van der Waals surface area contributed by atoms with Crippen molar-refractivity contribution in [1.82, 2.24) is 9.88 Å². The molecule has 7 nitrogen and oxygen atoms in total. The number of hydrogen-bond acceptors (Lipinski definition) is 4. The van der Waals surface area contributed by atoms with Gasteiger partial charge >= 0.3 is 6.03 Å². The number of urea groups is 1. The molecule has 7 heteroatoms. The molecule has 124 valence electrons. The summed E-state index contributed by atoms with van der Waals surface area (Å²) in [5.74, 6) is 0.455. The van der Waals surface area contributed by atoms with Crippen molar-refractivity contribution in [3.63, 3.8) is 0 Å². The van der Waals surface area contributed by atoms with E-state index in [0.717, 1.165) is 37.4 Å². The Hall–Kier alpha value is -2.31. The minimum Gasteiger partial charge on any atom is -0.369 e. The normalized spacial score (nSPS) is 19.0. The van der Waals surface area contributed by atoms with Crippen molar-refractivity contribution in [3.8, 4) is 0 Å². The number of aromatic nitrogens is 1. The van der Waals surface area contributed by atoms with Gasteiger partial charge in [-0.3, -0.25) is 4.79 Å². The highest BCUT2D eigenvalue weighted by Crippen LogP contribution is 2.27. The molecule has 2 aliphatic rings. The second-order valence-electron chi connectivity index (χ2n) is 6.16. The van der Waals surface area contributed by atoms with E-state index in [-0.39, 0.29) is 17.9 Å². The van der Waals surface area contributed by atoms with Crippen molar-refractivity contribution >= 4 is 23.4 Å². The number of anilines is 2. The summed E-state index contributed by atoms with van der Waals surface area (Å²) in [6, 6.07) is 3.57. The SMILES string of the molecule is NC(=O)C1CCN(C(=O)Nc2cccnc2N2CCCC2)CC1. The van der Waals surface area contributed by atoms with E-state index < -0.39 is 0 Å². The van der Waals surface area contributed by atoms with E-state index in [1.165, 1.54) is 0 Å². The molecule has 0 aromatic carbocycles. The van der Waals surface area contributed by atoms with Crippen LogP contribution in [-0.2, 0) is 4.79 Å². The Morgan fingerprint density at radius 3 is 2.52 bits per heavy atom. The van der Waals surface area contributed by atoms with Gasteiger partial charge in [0.2, 0.25) is 5.91 Å². The van der Waals surface area contributed by atoms with Gasteiger partial charge in [0.15, 0.2) is 5.82 Å². The van der Waals surface area contributed by atoms with Gasteiger partial charge in [-0.25, -0.2) is 9.78 Å².